The highest BCUT2D eigenvalue weighted by atomic mass is 32.1. The van der Waals surface area contributed by atoms with Crippen molar-refractivity contribution in [3.63, 3.8) is 0 Å². The first-order valence-electron chi connectivity index (χ1n) is 6.15. The highest BCUT2D eigenvalue weighted by Gasteiger charge is 2.23. The molecule has 18 heavy (non-hydrogen) atoms. The van der Waals surface area contributed by atoms with Gasteiger partial charge in [-0.1, -0.05) is 0 Å². The predicted molar refractivity (Wildman–Crippen MR) is 70.8 cm³/mol. The Balaban J connectivity index is 1.71. The number of amides is 1. The molecule has 1 N–H and O–H groups in total. The monoisotopic (exact) mass is 264 g/mol. The van der Waals surface area contributed by atoms with Gasteiger partial charge in [0.2, 0.25) is 5.91 Å². The van der Waals surface area contributed by atoms with Crippen LogP contribution in [0.5, 0.6) is 0 Å². The molecule has 0 spiro atoms. The molecule has 0 aliphatic carbocycles. The third kappa shape index (κ3) is 2.13. The third-order valence-corrected chi connectivity index (χ3v) is 4.07. The maximum atomic E-state index is 12.2. The van der Waals surface area contributed by atoms with Crippen LogP contribution in [-0.4, -0.2) is 45.9 Å². The van der Waals surface area contributed by atoms with Gasteiger partial charge in [-0.25, -0.2) is 4.98 Å². The van der Waals surface area contributed by atoms with Crippen LogP contribution in [0.25, 0.3) is 4.96 Å². The zero-order valence-electron chi connectivity index (χ0n) is 10.3. The van der Waals surface area contributed by atoms with Crippen LogP contribution in [0.2, 0.25) is 0 Å². The van der Waals surface area contributed by atoms with Crippen molar-refractivity contribution in [1.82, 2.24) is 19.6 Å². The largest absolute Gasteiger partial charge is 0.337 e. The van der Waals surface area contributed by atoms with Gasteiger partial charge in [0.25, 0.3) is 0 Å². The number of rotatable bonds is 2. The van der Waals surface area contributed by atoms with Gasteiger partial charge >= 0.3 is 0 Å². The van der Waals surface area contributed by atoms with E-state index in [1.807, 2.05) is 27.1 Å². The molecule has 3 rings (SSSR count). The normalized spacial score (nSPS) is 20.5. The number of nitrogens with one attached hydrogen (secondary N) is 1. The van der Waals surface area contributed by atoms with Gasteiger partial charge in [-0.05, 0) is 6.92 Å². The van der Waals surface area contributed by atoms with E-state index in [1.165, 1.54) is 0 Å². The molecule has 2 aromatic heterocycles. The van der Waals surface area contributed by atoms with E-state index in [4.69, 9.17) is 0 Å². The Morgan fingerprint density at radius 2 is 2.56 bits per heavy atom. The summed E-state index contributed by atoms with van der Waals surface area (Å²) in [7, 11) is 0. The van der Waals surface area contributed by atoms with Gasteiger partial charge in [-0.2, -0.15) is 0 Å². The summed E-state index contributed by atoms with van der Waals surface area (Å²) in [4.78, 5) is 19.6. The van der Waals surface area contributed by atoms with Gasteiger partial charge in [0.1, 0.15) is 0 Å². The summed E-state index contributed by atoms with van der Waals surface area (Å²) < 4.78 is 1.97. The van der Waals surface area contributed by atoms with Crippen LogP contribution >= 0.6 is 11.3 Å². The highest BCUT2D eigenvalue weighted by molar-refractivity contribution is 7.15. The zero-order chi connectivity index (χ0) is 12.5. The molecule has 5 nitrogen and oxygen atoms in total. The van der Waals surface area contributed by atoms with Gasteiger partial charge in [0, 0.05) is 43.4 Å². The van der Waals surface area contributed by atoms with Gasteiger partial charge in [-0.3, -0.25) is 9.20 Å². The molecule has 1 aliphatic heterocycles. The number of nitrogens with zero attached hydrogens (tertiary/aromatic N) is 3. The fourth-order valence-electron chi connectivity index (χ4n) is 2.33. The number of carbonyl (C=O) groups excluding carboxylic acids is 1. The molecule has 0 radical (unpaired) electrons. The Labute approximate surface area is 109 Å². The van der Waals surface area contributed by atoms with Crippen LogP contribution in [-0.2, 0) is 11.2 Å². The Morgan fingerprint density at radius 3 is 3.33 bits per heavy atom. The van der Waals surface area contributed by atoms with E-state index in [2.05, 4.69) is 17.2 Å². The van der Waals surface area contributed by atoms with Crippen LogP contribution in [0.1, 0.15) is 12.6 Å². The minimum atomic E-state index is 0.176. The first kappa shape index (κ1) is 11.7. The summed E-state index contributed by atoms with van der Waals surface area (Å²) in [5.41, 5.74) is 0.859. The molecule has 1 fully saturated rings. The molecule has 2 aromatic rings. The second-order valence-electron chi connectivity index (χ2n) is 4.64. The van der Waals surface area contributed by atoms with Crippen molar-refractivity contribution in [2.75, 3.05) is 19.6 Å². The Bertz CT molecular complexity index is 533. The lowest BCUT2D eigenvalue weighted by Crippen LogP contribution is -2.52. The van der Waals surface area contributed by atoms with Gasteiger partial charge in [0.15, 0.2) is 4.96 Å². The number of thiazole rings is 1. The number of hydrogen-bond donors (Lipinski definition) is 1. The van der Waals surface area contributed by atoms with E-state index >= 15 is 0 Å². The van der Waals surface area contributed by atoms with Crippen LogP contribution < -0.4 is 5.32 Å². The summed E-state index contributed by atoms with van der Waals surface area (Å²) in [5.74, 6) is 0.176. The minimum absolute atomic E-state index is 0.176. The zero-order valence-corrected chi connectivity index (χ0v) is 11.1. The molecule has 6 heteroatoms. The molecule has 1 saturated heterocycles. The van der Waals surface area contributed by atoms with Crippen molar-refractivity contribution < 1.29 is 4.79 Å². The number of imidazole rings is 1. The van der Waals surface area contributed by atoms with Crippen molar-refractivity contribution in [3.05, 3.63) is 23.5 Å². The van der Waals surface area contributed by atoms with Crippen molar-refractivity contribution in [2.24, 2.45) is 0 Å². The lowest BCUT2D eigenvalue weighted by Gasteiger charge is -2.33. The summed E-state index contributed by atoms with van der Waals surface area (Å²) >= 11 is 1.59. The van der Waals surface area contributed by atoms with Gasteiger partial charge in [0.05, 0.1) is 12.1 Å². The van der Waals surface area contributed by atoms with E-state index in [1.54, 1.807) is 11.3 Å². The minimum Gasteiger partial charge on any atom is -0.337 e. The number of fused-ring (bicyclic) bond motifs is 1. The Morgan fingerprint density at radius 1 is 1.67 bits per heavy atom. The Hall–Kier alpha value is -1.40. The van der Waals surface area contributed by atoms with Gasteiger partial charge in [-0.15, -0.1) is 11.3 Å². The van der Waals surface area contributed by atoms with Crippen LogP contribution in [0.4, 0.5) is 0 Å². The Kier molecular flexibility index (Phi) is 3.05. The summed E-state index contributed by atoms with van der Waals surface area (Å²) in [6, 6.07) is 0.273. The molecule has 3 heterocycles. The van der Waals surface area contributed by atoms with Crippen LogP contribution in [0.15, 0.2) is 17.8 Å². The van der Waals surface area contributed by atoms with Crippen LogP contribution in [0, 0.1) is 0 Å². The molecule has 1 amide bonds. The van der Waals surface area contributed by atoms with E-state index in [0.717, 1.165) is 30.3 Å². The fourth-order valence-corrected chi connectivity index (χ4v) is 3.05. The number of carbonyl (C=O) groups is 1. The van der Waals surface area contributed by atoms with E-state index in [-0.39, 0.29) is 11.9 Å². The van der Waals surface area contributed by atoms with Crippen molar-refractivity contribution in [2.45, 2.75) is 19.4 Å². The maximum Gasteiger partial charge on any atom is 0.228 e. The standard InChI is InChI=1S/C12H16N4OS/c1-9-7-13-2-3-16(9)11(17)6-10-8-15-4-5-18-12(15)14-10/h4-5,8-9,13H,2-3,6-7H2,1H3/t9-/m0/s1. The lowest BCUT2D eigenvalue weighted by atomic mass is 10.2. The van der Waals surface area contributed by atoms with Crippen molar-refractivity contribution in [1.29, 1.82) is 0 Å². The second kappa shape index (κ2) is 4.70. The number of piperazine rings is 1. The molecule has 0 bridgehead atoms. The maximum absolute atomic E-state index is 12.2. The fraction of sp³-hybridized carbons (Fsp3) is 0.500. The summed E-state index contributed by atoms with van der Waals surface area (Å²) in [5, 5.41) is 5.28. The number of hydrogen-bond acceptors (Lipinski definition) is 4. The van der Waals surface area contributed by atoms with E-state index < -0.39 is 0 Å². The molecular formula is C12H16N4OS. The first-order chi connectivity index (χ1) is 8.74. The summed E-state index contributed by atoms with van der Waals surface area (Å²) in [6.07, 6.45) is 4.31. The summed E-state index contributed by atoms with van der Waals surface area (Å²) in [6.45, 7) is 4.64. The smallest absolute Gasteiger partial charge is 0.228 e. The molecule has 96 valence electrons. The van der Waals surface area contributed by atoms with E-state index in [9.17, 15) is 4.79 Å². The topological polar surface area (TPSA) is 49.6 Å². The van der Waals surface area contributed by atoms with Crippen molar-refractivity contribution >= 4 is 22.2 Å². The molecule has 0 unspecified atom stereocenters. The second-order valence-corrected chi connectivity index (χ2v) is 5.52. The third-order valence-electron chi connectivity index (χ3n) is 3.30. The molecular weight excluding hydrogens is 248 g/mol. The lowest BCUT2D eigenvalue weighted by molar-refractivity contribution is -0.133. The predicted octanol–water partition coefficient (Wildman–Crippen LogP) is 0.759. The molecule has 0 aromatic carbocycles. The van der Waals surface area contributed by atoms with Crippen LogP contribution in [0.3, 0.4) is 0 Å². The average molecular weight is 264 g/mol. The average Bonchev–Trinajstić information content (AvgIpc) is 2.90. The molecule has 0 saturated carbocycles. The molecule has 1 aliphatic rings. The quantitative estimate of drug-likeness (QED) is 0.871. The van der Waals surface area contributed by atoms with Crippen molar-refractivity contribution in [3.8, 4) is 0 Å². The molecule has 1 atom stereocenters. The SMILES string of the molecule is C[C@H]1CNCCN1C(=O)Cc1cn2ccsc2n1. The highest BCUT2D eigenvalue weighted by Crippen LogP contribution is 2.13. The number of aromatic nitrogens is 2. The van der Waals surface area contributed by atoms with Gasteiger partial charge < -0.3 is 10.2 Å². The van der Waals surface area contributed by atoms with E-state index in [0.29, 0.717) is 6.42 Å². The first-order valence-corrected chi connectivity index (χ1v) is 7.03.